The lowest BCUT2D eigenvalue weighted by atomic mass is 10.2. The molecule has 8 heteroatoms. The number of nitrogens with one attached hydrogen (secondary N) is 2. The molecule has 2 heterocycles. The average molecular weight is 317 g/mol. The molecule has 0 saturated carbocycles. The first kappa shape index (κ1) is 15.4. The summed E-state index contributed by atoms with van der Waals surface area (Å²) in [6.45, 7) is 4.02. The normalized spacial score (nSPS) is 17.7. The van der Waals surface area contributed by atoms with Crippen LogP contribution in [-0.2, 0) is 9.47 Å². The molecule has 0 radical (unpaired) electrons. The van der Waals surface area contributed by atoms with Crippen molar-refractivity contribution in [2.45, 2.75) is 13.0 Å². The molecule has 122 valence electrons. The molecule has 8 nitrogen and oxygen atoms in total. The largest absolute Gasteiger partial charge is 0.376 e. The Kier molecular flexibility index (Phi) is 4.84. The number of aromatic nitrogens is 3. The van der Waals surface area contributed by atoms with Gasteiger partial charge in [0.15, 0.2) is 0 Å². The van der Waals surface area contributed by atoms with Crippen LogP contribution in [-0.4, -0.2) is 53.3 Å². The molecule has 1 aliphatic heterocycles. The predicted octanol–water partition coefficient (Wildman–Crippen LogP) is 1.11. The van der Waals surface area contributed by atoms with Gasteiger partial charge in [-0.2, -0.15) is 0 Å². The predicted molar refractivity (Wildman–Crippen MR) is 83.7 cm³/mol. The smallest absolute Gasteiger partial charge is 0.319 e. The summed E-state index contributed by atoms with van der Waals surface area (Å²) in [5.74, 6) is 0. The third kappa shape index (κ3) is 4.05. The Morgan fingerprint density at radius 2 is 2.17 bits per heavy atom. The molecule has 1 fully saturated rings. The van der Waals surface area contributed by atoms with Crippen LogP contribution in [0.2, 0.25) is 0 Å². The first-order valence-corrected chi connectivity index (χ1v) is 7.42. The van der Waals surface area contributed by atoms with E-state index in [1.165, 1.54) is 0 Å². The van der Waals surface area contributed by atoms with Gasteiger partial charge in [0.1, 0.15) is 12.7 Å². The summed E-state index contributed by atoms with van der Waals surface area (Å²) in [7, 11) is 0. The van der Waals surface area contributed by atoms with E-state index >= 15 is 0 Å². The summed E-state index contributed by atoms with van der Waals surface area (Å²) < 4.78 is 12.6. The lowest BCUT2D eigenvalue weighted by Crippen LogP contribution is -2.41. The molecule has 3 rings (SSSR count). The molecule has 1 saturated heterocycles. The number of amides is 2. The van der Waals surface area contributed by atoms with Crippen molar-refractivity contribution in [2.24, 2.45) is 0 Å². The summed E-state index contributed by atoms with van der Waals surface area (Å²) in [6, 6.07) is 5.47. The zero-order valence-corrected chi connectivity index (χ0v) is 12.9. The second kappa shape index (κ2) is 7.21. The number of carbonyl (C=O) groups excluding carboxylic acids is 1. The lowest BCUT2D eigenvalue weighted by Gasteiger charge is -2.23. The summed E-state index contributed by atoms with van der Waals surface area (Å²) in [5, 5.41) is 13.2. The molecular formula is C15H19N5O3. The highest BCUT2D eigenvalue weighted by Gasteiger charge is 2.15. The van der Waals surface area contributed by atoms with Crippen molar-refractivity contribution in [3.63, 3.8) is 0 Å². The van der Waals surface area contributed by atoms with Crippen LogP contribution in [0.1, 0.15) is 5.56 Å². The molecule has 0 aliphatic carbocycles. The molecular weight excluding hydrogens is 298 g/mol. The van der Waals surface area contributed by atoms with Gasteiger partial charge in [0.05, 0.1) is 31.6 Å². The summed E-state index contributed by atoms with van der Waals surface area (Å²) >= 11 is 0. The molecule has 2 aromatic rings. The highest BCUT2D eigenvalue weighted by atomic mass is 16.6. The number of benzene rings is 1. The molecule has 23 heavy (non-hydrogen) atoms. The van der Waals surface area contributed by atoms with Crippen molar-refractivity contribution in [1.82, 2.24) is 20.1 Å². The molecule has 1 unspecified atom stereocenters. The van der Waals surface area contributed by atoms with Gasteiger partial charge in [-0.1, -0.05) is 6.07 Å². The molecule has 2 N–H and O–H groups in total. The van der Waals surface area contributed by atoms with E-state index in [9.17, 15) is 4.79 Å². The maximum absolute atomic E-state index is 12.1. The molecule has 2 amide bonds. The van der Waals surface area contributed by atoms with Crippen molar-refractivity contribution < 1.29 is 14.3 Å². The van der Waals surface area contributed by atoms with Gasteiger partial charge in [0, 0.05) is 12.2 Å². The number of carbonyl (C=O) groups is 1. The van der Waals surface area contributed by atoms with Crippen molar-refractivity contribution in [2.75, 3.05) is 31.7 Å². The molecule has 1 aromatic heterocycles. The van der Waals surface area contributed by atoms with Crippen molar-refractivity contribution >= 4 is 11.7 Å². The van der Waals surface area contributed by atoms with E-state index in [0.717, 1.165) is 16.9 Å². The van der Waals surface area contributed by atoms with Gasteiger partial charge in [-0.3, -0.25) is 4.57 Å². The number of ether oxygens (including phenoxy) is 2. The minimum absolute atomic E-state index is 0.0982. The molecule has 1 aromatic carbocycles. The number of rotatable bonds is 4. The van der Waals surface area contributed by atoms with Crippen molar-refractivity contribution in [3.05, 3.63) is 36.4 Å². The molecule has 1 aliphatic rings. The monoisotopic (exact) mass is 317 g/mol. The van der Waals surface area contributed by atoms with E-state index in [2.05, 4.69) is 20.8 Å². The number of hydrogen-bond donors (Lipinski definition) is 2. The third-order valence-electron chi connectivity index (χ3n) is 3.56. The third-order valence-corrected chi connectivity index (χ3v) is 3.56. The van der Waals surface area contributed by atoms with E-state index in [0.29, 0.717) is 26.4 Å². The second-order valence-electron chi connectivity index (χ2n) is 5.27. The Balaban J connectivity index is 1.60. The summed E-state index contributed by atoms with van der Waals surface area (Å²) in [4.78, 5) is 12.1. The van der Waals surface area contributed by atoms with Crippen LogP contribution in [0.15, 0.2) is 30.9 Å². The van der Waals surface area contributed by atoms with Crippen LogP contribution in [0.5, 0.6) is 0 Å². The number of nitrogens with zero attached hydrogens (tertiary/aromatic N) is 3. The Morgan fingerprint density at radius 1 is 1.35 bits per heavy atom. The molecule has 0 spiro atoms. The van der Waals surface area contributed by atoms with Crippen LogP contribution in [0.3, 0.4) is 0 Å². The Labute approximate surface area is 133 Å². The van der Waals surface area contributed by atoms with Gasteiger partial charge >= 0.3 is 6.03 Å². The Morgan fingerprint density at radius 3 is 2.91 bits per heavy atom. The number of anilines is 1. The summed E-state index contributed by atoms with van der Waals surface area (Å²) in [5.41, 5.74) is 2.57. The fraction of sp³-hybridized carbons (Fsp3) is 0.400. The fourth-order valence-corrected chi connectivity index (χ4v) is 2.27. The molecule has 0 bridgehead atoms. The van der Waals surface area contributed by atoms with Crippen LogP contribution in [0, 0.1) is 6.92 Å². The van der Waals surface area contributed by atoms with E-state index < -0.39 is 0 Å². The topological polar surface area (TPSA) is 90.3 Å². The van der Waals surface area contributed by atoms with Gasteiger partial charge in [0.2, 0.25) is 0 Å². The Hall–Kier alpha value is -2.45. The van der Waals surface area contributed by atoms with Crippen molar-refractivity contribution in [1.29, 1.82) is 0 Å². The van der Waals surface area contributed by atoms with Gasteiger partial charge in [-0.05, 0) is 24.6 Å². The van der Waals surface area contributed by atoms with Gasteiger partial charge in [-0.25, -0.2) is 4.79 Å². The maximum atomic E-state index is 12.1. The van der Waals surface area contributed by atoms with E-state index in [-0.39, 0.29) is 12.1 Å². The van der Waals surface area contributed by atoms with Crippen LogP contribution in [0.4, 0.5) is 10.5 Å². The number of hydrogen-bond acceptors (Lipinski definition) is 5. The van der Waals surface area contributed by atoms with Crippen LogP contribution < -0.4 is 10.6 Å². The standard InChI is InChI=1S/C15H19N5O3/c1-11-2-3-12(20-9-17-18-10-20)6-14(11)19-15(21)16-7-13-8-22-4-5-23-13/h2-3,6,9-10,13H,4-5,7-8H2,1H3,(H2,16,19,21). The van der Waals surface area contributed by atoms with E-state index in [4.69, 9.17) is 9.47 Å². The first-order chi connectivity index (χ1) is 11.2. The number of aryl methyl sites for hydroxylation is 1. The molecule has 1 atom stereocenters. The minimum Gasteiger partial charge on any atom is -0.376 e. The van der Waals surface area contributed by atoms with Gasteiger partial charge in [0.25, 0.3) is 0 Å². The van der Waals surface area contributed by atoms with Crippen molar-refractivity contribution in [3.8, 4) is 5.69 Å². The van der Waals surface area contributed by atoms with E-state index in [1.807, 2.05) is 25.1 Å². The Bertz CT molecular complexity index is 653. The highest BCUT2D eigenvalue weighted by molar-refractivity contribution is 5.90. The highest BCUT2D eigenvalue weighted by Crippen LogP contribution is 2.19. The quantitative estimate of drug-likeness (QED) is 0.881. The van der Waals surface area contributed by atoms with Gasteiger partial charge in [-0.15, -0.1) is 10.2 Å². The van der Waals surface area contributed by atoms with Crippen LogP contribution in [0.25, 0.3) is 5.69 Å². The average Bonchev–Trinajstić information content (AvgIpc) is 3.10. The zero-order chi connectivity index (χ0) is 16.1. The van der Waals surface area contributed by atoms with Crippen LogP contribution >= 0.6 is 0 Å². The fourth-order valence-electron chi connectivity index (χ4n) is 2.27. The summed E-state index contributed by atoms with van der Waals surface area (Å²) in [6.07, 6.45) is 3.11. The second-order valence-corrected chi connectivity index (χ2v) is 5.27. The van der Waals surface area contributed by atoms with Gasteiger partial charge < -0.3 is 20.1 Å². The SMILES string of the molecule is Cc1ccc(-n2cnnc2)cc1NC(=O)NCC1COCCO1. The number of urea groups is 1. The maximum Gasteiger partial charge on any atom is 0.319 e. The first-order valence-electron chi connectivity index (χ1n) is 7.42. The minimum atomic E-state index is -0.275. The lowest BCUT2D eigenvalue weighted by molar-refractivity contribution is -0.0852. The zero-order valence-electron chi connectivity index (χ0n) is 12.9. The van der Waals surface area contributed by atoms with E-state index in [1.54, 1.807) is 17.2 Å².